The van der Waals surface area contributed by atoms with Crippen molar-refractivity contribution in [2.75, 3.05) is 13.2 Å². The molecule has 0 fully saturated rings. The Kier molecular flexibility index (Phi) is 3.01. The highest BCUT2D eigenvalue weighted by Crippen LogP contribution is 2.35. The molecule has 3 rings (SSSR count). The quantitative estimate of drug-likeness (QED) is 0.540. The van der Waals surface area contributed by atoms with Crippen LogP contribution in [0.3, 0.4) is 0 Å². The van der Waals surface area contributed by atoms with E-state index < -0.39 is 17.6 Å². The zero-order valence-electron chi connectivity index (χ0n) is 10.8. The average molecular weight is 276 g/mol. The van der Waals surface area contributed by atoms with Gasteiger partial charge in [-0.3, -0.25) is 10.1 Å². The molecule has 0 saturated carbocycles. The maximum absolute atomic E-state index is 11.3. The second kappa shape index (κ2) is 4.59. The van der Waals surface area contributed by atoms with E-state index >= 15 is 0 Å². The number of hydrogen-bond acceptors (Lipinski definition) is 4. The molecule has 20 heavy (non-hydrogen) atoms. The van der Waals surface area contributed by atoms with Crippen molar-refractivity contribution in [1.29, 1.82) is 0 Å². The van der Waals surface area contributed by atoms with Crippen molar-refractivity contribution in [1.82, 2.24) is 10.3 Å². The number of H-pyrrole nitrogens is 1. The molecular formula is C14H16N2O4. The molecule has 1 aliphatic rings. The van der Waals surface area contributed by atoms with Crippen molar-refractivity contribution in [3.8, 4) is 0 Å². The monoisotopic (exact) mass is 276 g/mol. The number of para-hydroxylation sites is 1. The zero-order valence-corrected chi connectivity index (χ0v) is 10.8. The molecule has 1 atom stereocenters. The predicted molar refractivity (Wildman–Crippen MR) is 72.4 cm³/mol. The molecule has 0 radical (unpaired) electrons. The van der Waals surface area contributed by atoms with Gasteiger partial charge in [-0.25, -0.2) is 0 Å². The largest absolute Gasteiger partial charge is 0.480 e. The molecule has 1 aromatic heterocycles. The van der Waals surface area contributed by atoms with E-state index in [0.29, 0.717) is 12.1 Å². The molecule has 0 bridgehead atoms. The summed E-state index contributed by atoms with van der Waals surface area (Å²) in [7, 11) is 0. The van der Waals surface area contributed by atoms with Gasteiger partial charge >= 0.3 is 5.97 Å². The molecule has 6 heteroatoms. The lowest BCUT2D eigenvalue weighted by atomic mass is 9.85. The van der Waals surface area contributed by atoms with Gasteiger partial charge < -0.3 is 20.3 Å². The van der Waals surface area contributed by atoms with Gasteiger partial charge in [0.05, 0.1) is 13.2 Å². The van der Waals surface area contributed by atoms with Crippen molar-refractivity contribution in [3.05, 3.63) is 35.5 Å². The highest BCUT2D eigenvalue weighted by Gasteiger charge is 2.43. The maximum Gasteiger partial charge on any atom is 0.321 e. The molecule has 2 aromatic rings. The van der Waals surface area contributed by atoms with Crippen LogP contribution in [0.5, 0.6) is 0 Å². The van der Waals surface area contributed by atoms with Crippen molar-refractivity contribution in [3.63, 3.8) is 0 Å². The Morgan fingerprint density at radius 2 is 2.00 bits per heavy atom. The first-order chi connectivity index (χ1) is 9.61. The first-order valence-corrected chi connectivity index (χ1v) is 6.43. The van der Waals surface area contributed by atoms with Crippen molar-refractivity contribution in [2.24, 2.45) is 0 Å². The van der Waals surface area contributed by atoms with Gasteiger partial charge in [0.25, 0.3) is 0 Å². The third-order valence-corrected chi connectivity index (χ3v) is 3.99. The summed E-state index contributed by atoms with van der Waals surface area (Å²) in [5.74, 6) is -0.993. The Morgan fingerprint density at radius 1 is 1.30 bits per heavy atom. The van der Waals surface area contributed by atoms with E-state index in [4.69, 9.17) is 0 Å². The summed E-state index contributed by atoms with van der Waals surface area (Å²) in [5, 5.41) is 32.4. The molecular weight excluding hydrogens is 260 g/mol. The van der Waals surface area contributed by atoms with Crippen LogP contribution in [0.15, 0.2) is 24.3 Å². The predicted octanol–water partition coefficient (Wildman–Crippen LogP) is -0.0533. The fourth-order valence-electron chi connectivity index (χ4n) is 2.93. The lowest BCUT2D eigenvalue weighted by molar-refractivity contribution is -0.140. The summed E-state index contributed by atoms with van der Waals surface area (Å²) in [6.45, 7) is -0.764. The number of aromatic nitrogens is 1. The van der Waals surface area contributed by atoms with Crippen LogP contribution >= 0.6 is 0 Å². The average Bonchev–Trinajstić information content (AvgIpc) is 2.85. The summed E-state index contributed by atoms with van der Waals surface area (Å²) in [6.07, 6.45) is 0.316. The number of carboxylic acid groups (broad SMARTS) is 1. The van der Waals surface area contributed by atoms with Gasteiger partial charge in [-0.05, 0) is 11.6 Å². The number of hydrogen-bond donors (Lipinski definition) is 5. The number of carbonyl (C=O) groups is 1. The molecule has 0 aliphatic carbocycles. The minimum Gasteiger partial charge on any atom is -0.480 e. The van der Waals surface area contributed by atoms with E-state index in [1.54, 1.807) is 0 Å². The highest BCUT2D eigenvalue weighted by molar-refractivity contribution is 5.87. The summed E-state index contributed by atoms with van der Waals surface area (Å²) in [6, 6.07) is 6.73. The van der Waals surface area contributed by atoms with Gasteiger partial charge in [-0.1, -0.05) is 18.2 Å². The minimum absolute atomic E-state index is 0.316. The second-order valence-electron chi connectivity index (χ2n) is 5.16. The number of aliphatic hydroxyl groups excluding tert-OH is 2. The van der Waals surface area contributed by atoms with E-state index in [-0.39, 0.29) is 13.2 Å². The van der Waals surface area contributed by atoms with E-state index in [0.717, 1.165) is 16.5 Å². The molecule has 1 aliphatic heterocycles. The summed E-state index contributed by atoms with van der Waals surface area (Å²) < 4.78 is 0. The molecule has 106 valence electrons. The van der Waals surface area contributed by atoms with Crippen molar-refractivity contribution < 1.29 is 20.1 Å². The first-order valence-electron chi connectivity index (χ1n) is 6.43. The van der Waals surface area contributed by atoms with Crippen LogP contribution in [-0.2, 0) is 16.8 Å². The lowest BCUT2D eigenvalue weighted by Gasteiger charge is -2.38. The van der Waals surface area contributed by atoms with Gasteiger partial charge in [0.2, 0.25) is 0 Å². The van der Waals surface area contributed by atoms with E-state index in [9.17, 15) is 20.1 Å². The van der Waals surface area contributed by atoms with Crippen LogP contribution in [-0.4, -0.2) is 45.5 Å². The van der Waals surface area contributed by atoms with Crippen molar-refractivity contribution >= 4 is 16.9 Å². The van der Waals surface area contributed by atoms with Gasteiger partial charge in [-0.15, -0.1) is 0 Å². The Balaban J connectivity index is 2.24. The Morgan fingerprint density at radius 3 is 2.65 bits per heavy atom. The third kappa shape index (κ3) is 1.73. The molecule has 5 N–H and O–H groups in total. The van der Waals surface area contributed by atoms with Gasteiger partial charge in [0.15, 0.2) is 0 Å². The first kappa shape index (κ1) is 13.1. The fourth-order valence-corrected chi connectivity index (χ4v) is 2.93. The number of aromatic amines is 1. The van der Waals surface area contributed by atoms with E-state index in [1.165, 1.54) is 0 Å². The van der Waals surface area contributed by atoms with Crippen molar-refractivity contribution in [2.45, 2.75) is 18.0 Å². The number of benzene rings is 1. The molecule has 2 heterocycles. The van der Waals surface area contributed by atoms with E-state index in [2.05, 4.69) is 10.3 Å². The second-order valence-corrected chi connectivity index (χ2v) is 5.16. The Bertz CT molecular complexity index is 660. The maximum atomic E-state index is 11.3. The van der Waals surface area contributed by atoms with Crippen LogP contribution in [0.1, 0.15) is 11.3 Å². The fraction of sp³-hybridized carbons (Fsp3) is 0.357. The van der Waals surface area contributed by atoms with Crippen LogP contribution in [0, 0.1) is 0 Å². The van der Waals surface area contributed by atoms with Crippen LogP contribution < -0.4 is 5.32 Å². The van der Waals surface area contributed by atoms with E-state index in [1.807, 2.05) is 24.3 Å². The minimum atomic E-state index is -1.16. The topological polar surface area (TPSA) is 106 Å². The molecule has 0 spiro atoms. The number of fused-ring (bicyclic) bond motifs is 3. The Labute approximate surface area is 115 Å². The summed E-state index contributed by atoms with van der Waals surface area (Å²) in [4.78, 5) is 14.5. The van der Waals surface area contributed by atoms with Crippen LogP contribution in [0.4, 0.5) is 0 Å². The van der Waals surface area contributed by atoms with Crippen LogP contribution in [0.2, 0.25) is 0 Å². The molecule has 1 aromatic carbocycles. The number of aliphatic carboxylic acids is 1. The molecule has 0 unspecified atom stereocenters. The number of rotatable bonds is 3. The zero-order chi connectivity index (χ0) is 14.3. The SMILES string of the molecule is O=C(O)[C@@H]1Cc2c([nH]c3ccccc23)C(CO)(CO)N1. The molecule has 0 saturated heterocycles. The number of aliphatic hydroxyl groups is 2. The number of nitrogens with one attached hydrogen (secondary N) is 2. The summed E-state index contributed by atoms with van der Waals surface area (Å²) in [5.41, 5.74) is 1.23. The Hall–Kier alpha value is -1.89. The van der Waals surface area contributed by atoms with Gasteiger partial charge in [-0.2, -0.15) is 0 Å². The third-order valence-electron chi connectivity index (χ3n) is 3.99. The number of carboxylic acids is 1. The smallest absolute Gasteiger partial charge is 0.321 e. The van der Waals surface area contributed by atoms with Crippen LogP contribution in [0.25, 0.3) is 10.9 Å². The molecule has 6 nitrogen and oxygen atoms in total. The lowest BCUT2D eigenvalue weighted by Crippen LogP contribution is -2.59. The highest BCUT2D eigenvalue weighted by atomic mass is 16.4. The normalized spacial score (nSPS) is 20.8. The molecule has 0 amide bonds. The standard InChI is InChI=1S/C14H16N2O4/c17-6-14(7-18)12-9(5-11(16-14)13(19)20)8-3-1-2-4-10(8)15-12/h1-4,11,15-18H,5-7H2,(H,19,20)/t11-/m0/s1. The summed E-state index contributed by atoms with van der Waals surface area (Å²) >= 11 is 0. The van der Waals surface area contributed by atoms with Gasteiger partial charge in [0, 0.05) is 23.0 Å². The van der Waals surface area contributed by atoms with Gasteiger partial charge in [0.1, 0.15) is 11.6 Å².